The molecule has 2 N–H and O–H groups in total. The molecule has 2 aliphatic rings. The van der Waals surface area contributed by atoms with Crippen LogP contribution in [-0.2, 0) is 0 Å². The van der Waals surface area contributed by atoms with Crippen molar-refractivity contribution in [1.29, 1.82) is 0 Å². The lowest BCUT2D eigenvalue weighted by molar-refractivity contribution is 0.196. The summed E-state index contributed by atoms with van der Waals surface area (Å²) in [5, 5.41) is 4.49. The van der Waals surface area contributed by atoms with E-state index in [0.29, 0.717) is 6.04 Å². The Labute approximate surface area is 174 Å². The van der Waals surface area contributed by atoms with Crippen LogP contribution >= 0.6 is 34.8 Å². The third-order valence-corrected chi connectivity index (χ3v) is 7.46. The fourth-order valence-corrected chi connectivity index (χ4v) is 5.80. The van der Waals surface area contributed by atoms with E-state index in [2.05, 4.69) is 68.8 Å². The van der Waals surface area contributed by atoms with Crippen LogP contribution in [0, 0.1) is 17.4 Å². The van der Waals surface area contributed by atoms with Gasteiger partial charge in [-0.15, -0.1) is 0 Å². The number of hydrogen-bond donors (Lipinski definition) is 2. The summed E-state index contributed by atoms with van der Waals surface area (Å²) < 4.78 is 1.32. The van der Waals surface area contributed by atoms with Crippen molar-refractivity contribution in [3.63, 3.8) is 0 Å². The van der Waals surface area contributed by atoms with Gasteiger partial charge in [-0.1, -0.05) is 25.3 Å². The third kappa shape index (κ3) is 3.15. The number of aromatic amines is 1. The van der Waals surface area contributed by atoms with Gasteiger partial charge in [-0.2, -0.15) is 0 Å². The average Bonchev–Trinajstić information content (AvgIpc) is 3.12. The van der Waals surface area contributed by atoms with Crippen molar-refractivity contribution in [2.45, 2.75) is 64.1 Å². The highest BCUT2D eigenvalue weighted by Gasteiger charge is 2.45. The highest BCUT2D eigenvalue weighted by Crippen LogP contribution is 2.45. The maximum Gasteiger partial charge on any atom is 0.170 e. The van der Waals surface area contributed by atoms with Crippen LogP contribution in [0.3, 0.4) is 0 Å². The normalized spacial score (nSPS) is 24.1. The topological polar surface area (TPSA) is 44.0 Å². The average molecular weight is 480 g/mol. The SMILES string of the molecule is Cc1[nH]c(C)c([C@@H]2[C@@H](c3ccccn3)NC(=S)N2C2CCCCC2)c1I. The first-order valence-electron chi connectivity index (χ1n) is 9.42. The van der Waals surface area contributed by atoms with Gasteiger partial charge >= 0.3 is 0 Å². The summed E-state index contributed by atoms with van der Waals surface area (Å²) in [4.78, 5) is 10.7. The predicted octanol–water partition coefficient (Wildman–Crippen LogP) is 4.94. The van der Waals surface area contributed by atoms with Gasteiger partial charge in [-0.25, -0.2) is 0 Å². The third-order valence-electron chi connectivity index (χ3n) is 5.74. The second-order valence-electron chi connectivity index (χ2n) is 7.43. The number of thiocarbonyl (C=S) groups is 1. The van der Waals surface area contributed by atoms with E-state index in [1.54, 1.807) is 0 Å². The fourth-order valence-electron chi connectivity index (χ4n) is 4.55. The number of pyridine rings is 1. The van der Waals surface area contributed by atoms with E-state index in [0.717, 1.165) is 10.8 Å². The Bertz CT molecular complexity index is 798. The van der Waals surface area contributed by atoms with Gasteiger partial charge < -0.3 is 15.2 Å². The molecule has 2 aromatic rings. The zero-order valence-electron chi connectivity index (χ0n) is 15.3. The van der Waals surface area contributed by atoms with Crippen LogP contribution in [0.25, 0.3) is 0 Å². The molecular formula is C20H25IN4S. The quantitative estimate of drug-likeness (QED) is 0.483. The summed E-state index contributed by atoms with van der Waals surface area (Å²) in [6.45, 7) is 4.33. The molecule has 3 heterocycles. The molecule has 1 aliphatic heterocycles. The van der Waals surface area contributed by atoms with Crippen LogP contribution in [-0.4, -0.2) is 26.0 Å². The molecular weight excluding hydrogens is 455 g/mol. The minimum Gasteiger partial charge on any atom is -0.362 e. The first-order chi connectivity index (χ1) is 12.6. The van der Waals surface area contributed by atoms with Crippen molar-refractivity contribution < 1.29 is 0 Å². The maximum atomic E-state index is 5.84. The molecule has 0 radical (unpaired) electrons. The summed E-state index contributed by atoms with van der Waals surface area (Å²) in [5.74, 6) is 0. The van der Waals surface area contributed by atoms with Gasteiger partial charge in [0, 0.05) is 32.8 Å². The van der Waals surface area contributed by atoms with E-state index in [1.165, 1.54) is 52.6 Å². The second-order valence-corrected chi connectivity index (χ2v) is 8.89. The molecule has 1 saturated heterocycles. The maximum absolute atomic E-state index is 5.84. The van der Waals surface area contributed by atoms with Crippen LogP contribution in [0.15, 0.2) is 24.4 Å². The number of H-pyrrole nitrogens is 1. The van der Waals surface area contributed by atoms with E-state index >= 15 is 0 Å². The standard InChI is InChI=1S/C20H25IN4S/c1-12-16(17(21)13(2)23-12)19-18(15-10-6-7-11-22-15)24-20(26)25(19)14-8-4-3-5-9-14/h6-7,10-11,14,18-19,23H,3-5,8-9H2,1-2H3,(H,24,26)/t18-,19-/m1/s1. The molecule has 138 valence electrons. The Kier molecular flexibility index (Phi) is 5.23. The molecule has 2 atom stereocenters. The van der Waals surface area contributed by atoms with Crippen LogP contribution < -0.4 is 5.32 Å². The van der Waals surface area contributed by atoms with Gasteiger partial charge in [-0.05, 0) is 73.6 Å². The van der Waals surface area contributed by atoms with Gasteiger partial charge in [-0.3, -0.25) is 4.98 Å². The number of hydrogen-bond acceptors (Lipinski definition) is 2. The van der Waals surface area contributed by atoms with Crippen molar-refractivity contribution >= 4 is 39.9 Å². The molecule has 4 nitrogen and oxygen atoms in total. The number of nitrogens with one attached hydrogen (secondary N) is 2. The second kappa shape index (κ2) is 7.46. The summed E-state index contributed by atoms with van der Waals surface area (Å²) in [6, 6.07) is 6.95. The summed E-state index contributed by atoms with van der Waals surface area (Å²) in [6.07, 6.45) is 8.28. The molecule has 0 aromatic carbocycles. The number of rotatable bonds is 3. The highest BCUT2D eigenvalue weighted by atomic mass is 127. The lowest BCUT2D eigenvalue weighted by Gasteiger charge is -2.37. The van der Waals surface area contributed by atoms with Crippen molar-refractivity contribution in [3.05, 3.63) is 50.6 Å². The first kappa shape index (κ1) is 18.2. The van der Waals surface area contributed by atoms with Crippen LogP contribution in [0.4, 0.5) is 0 Å². The molecule has 2 fully saturated rings. The minimum atomic E-state index is 0.0908. The van der Waals surface area contributed by atoms with Gasteiger partial charge in [0.25, 0.3) is 0 Å². The van der Waals surface area contributed by atoms with Gasteiger partial charge in [0.05, 0.1) is 17.8 Å². The largest absolute Gasteiger partial charge is 0.362 e. The minimum absolute atomic E-state index is 0.0908. The monoisotopic (exact) mass is 480 g/mol. The van der Waals surface area contributed by atoms with E-state index in [9.17, 15) is 0 Å². The van der Waals surface area contributed by atoms with E-state index in [4.69, 9.17) is 12.2 Å². The Morgan fingerprint density at radius 2 is 1.92 bits per heavy atom. The zero-order chi connectivity index (χ0) is 18.3. The molecule has 1 saturated carbocycles. The van der Waals surface area contributed by atoms with Crippen LogP contribution in [0.1, 0.15) is 66.8 Å². The van der Waals surface area contributed by atoms with E-state index in [-0.39, 0.29) is 12.1 Å². The summed E-state index contributed by atoms with van der Waals surface area (Å²) >= 11 is 8.33. The lowest BCUT2D eigenvalue weighted by atomic mass is 9.90. The van der Waals surface area contributed by atoms with Crippen molar-refractivity contribution in [1.82, 2.24) is 20.2 Å². The number of halogens is 1. The molecule has 1 aliphatic carbocycles. The highest BCUT2D eigenvalue weighted by molar-refractivity contribution is 14.1. The Morgan fingerprint density at radius 3 is 2.54 bits per heavy atom. The molecule has 4 rings (SSSR count). The van der Waals surface area contributed by atoms with Crippen LogP contribution in [0.5, 0.6) is 0 Å². The van der Waals surface area contributed by atoms with Crippen molar-refractivity contribution in [2.75, 3.05) is 0 Å². The Balaban J connectivity index is 1.81. The first-order valence-corrected chi connectivity index (χ1v) is 10.9. The van der Waals surface area contributed by atoms with Gasteiger partial charge in [0.2, 0.25) is 0 Å². The van der Waals surface area contributed by atoms with Crippen molar-refractivity contribution in [2.24, 2.45) is 0 Å². The molecule has 6 heteroatoms. The van der Waals surface area contributed by atoms with Gasteiger partial charge in [0.1, 0.15) is 0 Å². The summed E-state index contributed by atoms with van der Waals surface area (Å²) in [5.41, 5.74) is 4.91. The molecule has 2 aromatic heterocycles. The molecule has 0 amide bonds. The zero-order valence-corrected chi connectivity index (χ0v) is 18.2. The number of aryl methyl sites for hydroxylation is 2. The van der Waals surface area contributed by atoms with E-state index < -0.39 is 0 Å². The Morgan fingerprint density at radius 1 is 1.15 bits per heavy atom. The van der Waals surface area contributed by atoms with E-state index in [1.807, 2.05) is 12.3 Å². The predicted molar refractivity (Wildman–Crippen MR) is 117 cm³/mol. The smallest absolute Gasteiger partial charge is 0.170 e. The number of nitrogens with zero attached hydrogens (tertiary/aromatic N) is 2. The van der Waals surface area contributed by atoms with Gasteiger partial charge in [0.15, 0.2) is 5.11 Å². The van der Waals surface area contributed by atoms with Crippen LogP contribution in [0.2, 0.25) is 0 Å². The molecule has 26 heavy (non-hydrogen) atoms. The summed E-state index contributed by atoms with van der Waals surface area (Å²) in [7, 11) is 0. The molecule has 0 bridgehead atoms. The molecule has 0 unspecified atom stereocenters. The Hall–Kier alpha value is -1.15. The number of aromatic nitrogens is 2. The van der Waals surface area contributed by atoms with Crippen molar-refractivity contribution in [3.8, 4) is 0 Å². The fraction of sp³-hybridized carbons (Fsp3) is 0.500. The lowest BCUT2D eigenvalue weighted by Crippen LogP contribution is -2.40. The molecule has 0 spiro atoms.